The maximum atomic E-state index is 13.2. The van der Waals surface area contributed by atoms with E-state index in [0.29, 0.717) is 16.9 Å². The third kappa shape index (κ3) is 3.58. The van der Waals surface area contributed by atoms with Gasteiger partial charge in [-0.1, -0.05) is 42.8 Å². The number of nitrogens with zero attached hydrogens (tertiary/aromatic N) is 5. The molecule has 5 nitrogen and oxygen atoms in total. The minimum atomic E-state index is -4.43. The van der Waals surface area contributed by atoms with Crippen molar-refractivity contribution in [2.24, 2.45) is 0 Å². The van der Waals surface area contributed by atoms with Gasteiger partial charge in [-0.2, -0.15) is 17.7 Å². The van der Waals surface area contributed by atoms with E-state index in [9.17, 15) is 13.2 Å². The van der Waals surface area contributed by atoms with E-state index >= 15 is 0 Å². The molecular formula is C22H22F3N5. The summed E-state index contributed by atoms with van der Waals surface area (Å²) < 4.78 is 41.2. The Bertz CT molecular complexity index is 1180. The molecule has 8 heteroatoms. The number of alkyl halides is 3. The predicted molar refractivity (Wildman–Crippen MR) is 112 cm³/mol. The van der Waals surface area contributed by atoms with Crippen molar-refractivity contribution in [1.82, 2.24) is 19.8 Å². The molecule has 0 aliphatic heterocycles. The zero-order valence-corrected chi connectivity index (χ0v) is 16.8. The van der Waals surface area contributed by atoms with Crippen LogP contribution in [0.2, 0.25) is 0 Å². The summed E-state index contributed by atoms with van der Waals surface area (Å²) in [5.74, 6) is 0.796. The normalized spacial score (nSPS) is 12.0. The summed E-state index contributed by atoms with van der Waals surface area (Å²) in [6.07, 6.45) is -2.35. The van der Waals surface area contributed by atoms with Gasteiger partial charge >= 0.3 is 6.18 Å². The zero-order valence-electron chi connectivity index (χ0n) is 16.8. The van der Waals surface area contributed by atoms with Crippen molar-refractivity contribution in [1.29, 1.82) is 0 Å². The van der Waals surface area contributed by atoms with E-state index in [4.69, 9.17) is 4.98 Å². The fourth-order valence-electron chi connectivity index (χ4n) is 3.58. The Kier molecular flexibility index (Phi) is 5.32. The molecule has 0 spiro atoms. The van der Waals surface area contributed by atoms with Gasteiger partial charge in [-0.25, -0.2) is 4.98 Å². The quantitative estimate of drug-likeness (QED) is 0.413. The van der Waals surface area contributed by atoms with Crippen molar-refractivity contribution >= 4 is 22.4 Å². The first-order valence-corrected chi connectivity index (χ1v) is 10.0. The Hall–Kier alpha value is -3.16. The highest BCUT2D eigenvalue weighted by Crippen LogP contribution is 2.34. The molecular weight excluding hydrogens is 391 g/mol. The zero-order chi connectivity index (χ0) is 21.3. The third-order valence-electron chi connectivity index (χ3n) is 5.16. The number of aromatic nitrogens is 4. The van der Waals surface area contributed by atoms with E-state index in [-0.39, 0.29) is 0 Å². The topological polar surface area (TPSA) is 46.3 Å². The summed E-state index contributed by atoms with van der Waals surface area (Å²) in [4.78, 5) is 7.03. The van der Waals surface area contributed by atoms with E-state index in [1.54, 1.807) is 10.6 Å². The van der Waals surface area contributed by atoms with Crippen LogP contribution in [0.4, 0.5) is 19.0 Å². The molecule has 0 saturated carbocycles. The lowest BCUT2D eigenvalue weighted by molar-refractivity contribution is -0.137. The molecule has 2 aromatic carbocycles. The number of benzene rings is 2. The average molecular weight is 413 g/mol. The summed E-state index contributed by atoms with van der Waals surface area (Å²) in [6, 6.07) is 12.9. The number of para-hydroxylation sites is 1. The van der Waals surface area contributed by atoms with Gasteiger partial charge in [-0.05, 0) is 37.6 Å². The van der Waals surface area contributed by atoms with Crippen LogP contribution in [-0.4, -0.2) is 32.9 Å². The highest BCUT2D eigenvalue weighted by Gasteiger charge is 2.31. The van der Waals surface area contributed by atoms with Crippen molar-refractivity contribution in [3.05, 3.63) is 54.1 Å². The monoisotopic (exact) mass is 413 g/mol. The van der Waals surface area contributed by atoms with Crippen LogP contribution in [0, 0.1) is 0 Å². The number of hydrogen-bond donors (Lipinski definition) is 0. The summed E-state index contributed by atoms with van der Waals surface area (Å²) in [5.41, 5.74) is 1.21. The maximum absolute atomic E-state index is 13.2. The molecule has 30 heavy (non-hydrogen) atoms. The van der Waals surface area contributed by atoms with Crippen LogP contribution >= 0.6 is 0 Å². The fraction of sp³-hybridized carbons (Fsp3) is 0.318. The van der Waals surface area contributed by atoms with Gasteiger partial charge in [-0.3, -0.25) is 0 Å². The van der Waals surface area contributed by atoms with Crippen LogP contribution in [0.5, 0.6) is 0 Å². The van der Waals surface area contributed by atoms with E-state index in [1.807, 2.05) is 24.3 Å². The Labute approximate surface area is 172 Å². The van der Waals surface area contributed by atoms with Crippen molar-refractivity contribution < 1.29 is 13.2 Å². The Morgan fingerprint density at radius 2 is 1.83 bits per heavy atom. The molecule has 0 fully saturated rings. The van der Waals surface area contributed by atoms with Crippen molar-refractivity contribution in [2.45, 2.75) is 32.9 Å². The van der Waals surface area contributed by atoms with Crippen LogP contribution in [0.3, 0.4) is 0 Å². The highest BCUT2D eigenvalue weighted by molar-refractivity contribution is 5.93. The first kappa shape index (κ1) is 20.1. The van der Waals surface area contributed by atoms with Gasteiger partial charge in [0.2, 0.25) is 0 Å². The van der Waals surface area contributed by atoms with E-state index < -0.39 is 11.7 Å². The molecule has 0 aliphatic carbocycles. The van der Waals surface area contributed by atoms with Crippen molar-refractivity contribution in [2.75, 3.05) is 18.0 Å². The van der Waals surface area contributed by atoms with Crippen LogP contribution < -0.4 is 4.90 Å². The smallest absolute Gasteiger partial charge is 0.356 e. The van der Waals surface area contributed by atoms with Crippen LogP contribution in [0.25, 0.3) is 27.8 Å². The fourth-order valence-corrected chi connectivity index (χ4v) is 3.58. The van der Waals surface area contributed by atoms with Crippen molar-refractivity contribution in [3.8, 4) is 11.3 Å². The van der Waals surface area contributed by atoms with Crippen molar-refractivity contribution in [3.63, 3.8) is 0 Å². The largest absolute Gasteiger partial charge is 0.416 e. The second-order valence-corrected chi connectivity index (χ2v) is 7.14. The number of halogens is 3. The lowest BCUT2D eigenvalue weighted by Gasteiger charge is -2.23. The summed E-state index contributed by atoms with van der Waals surface area (Å²) in [6.45, 7) is 5.82. The molecule has 0 N–H and O–H groups in total. The molecule has 0 radical (unpaired) electrons. The summed E-state index contributed by atoms with van der Waals surface area (Å²) in [5, 5.41) is 9.33. The average Bonchev–Trinajstić information content (AvgIpc) is 3.18. The van der Waals surface area contributed by atoms with Gasteiger partial charge in [0, 0.05) is 24.0 Å². The molecule has 156 valence electrons. The highest BCUT2D eigenvalue weighted by atomic mass is 19.4. The van der Waals surface area contributed by atoms with Gasteiger partial charge < -0.3 is 4.90 Å². The van der Waals surface area contributed by atoms with Gasteiger partial charge in [0.05, 0.1) is 11.1 Å². The number of anilines is 1. The van der Waals surface area contributed by atoms with Gasteiger partial charge in [-0.15, -0.1) is 5.10 Å². The SMILES string of the molecule is CCCCN(CC)c1nc2c(-c3cccc(C(F)(F)F)c3)nnn2c2ccccc12. The molecule has 0 unspecified atom stereocenters. The number of fused-ring (bicyclic) bond motifs is 3. The molecule has 4 aromatic rings. The van der Waals surface area contributed by atoms with E-state index in [0.717, 1.165) is 54.8 Å². The van der Waals surface area contributed by atoms with Gasteiger partial charge in [0.15, 0.2) is 5.65 Å². The molecule has 2 aromatic heterocycles. The molecule has 0 atom stereocenters. The molecule has 4 rings (SSSR count). The number of rotatable bonds is 6. The van der Waals surface area contributed by atoms with E-state index in [1.165, 1.54) is 6.07 Å². The predicted octanol–water partition coefficient (Wildman–Crippen LogP) is 5.59. The minimum absolute atomic E-state index is 0.333. The molecule has 2 heterocycles. The van der Waals surface area contributed by atoms with E-state index in [2.05, 4.69) is 29.1 Å². The van der Waals surface area contributed by atoms with Crippen LogP contribution in [-0.2, 0) is 6.18 Å². The second-order valence-electron chi connectivity index (χ2n) is 7.14. The van der Waals surface area contributed by atoms with Gasteiger partial charge in [0.1, 0.15) is 11.5 Å². The lowest BCUT2D eigenvalue weighted by atomic mass is 10.1. The first-order valence-electron chi connectivity index (χ1n) is 10.0. The second kappa shape index (κ2) is 7.93. The number of hydrogen-bond acceptors (Lipinski definition) is 4. The number of unbranched alkanes of at least 4 members (excludes halogenated alkanes) is 1. The molecule has 0 bridgehead atoms. The Morgan fingerprint density at radius 1 is 1.03 bits per heavy atom. The van der Waals surface area contributed by atoms with Crippen LogP contribution in [0.15, 0.2) is 48.5 Å². The maximum Gasteiger partial charge on any atom is 0.416 e. The molecule has 0 saturated heterocycles. The summed E-state index contributed by atoms with van der Waals surface area (Å²) >= 11 is 0. The first-order chi connectivity index (χ1) is 14.4. The lowest BCUT2D eigenvalue weighted by Crippen LogP contribution is -2.25. The standard InChI is InChI=1S/C22H22F3N5/c1-3-5-13-29(4-2)20-17-11-6-7-12-18(17)30-21(26-20)19(27-28-30)15-9-8-10-16(14-15)22(23,24)25/h6-12,14H,3-5,13H2,1-2H3. The summed E-state index contributed by atoms with van der Waals surface area (Å²) in [7, 11) is 0. The van der Waals surface area contributed by atoms with Crippen LogP contribution in [0.1, 0.15) is 32.3 Å². The third-order valence-corrected chi connectivity index (χ3v) is 5.16. The minimum Gasteiger partial charge on any atom is -0.356 e. The van der Waals surface area contributed by atoms with Gasteiger partial charge in [0.25, 0.3) is 0 Å². The Balaban J connectivity index is 1.94. The molecule has 0 aliphatic rings. The molecule has 0 amide bonds. The Morgan fingerprint density at radius 3 is 2.57 bits per heavy atom.